The van der Waals surface area contributed by atoms with Crippen LogP contribution in [0.2, 0.25) is 5.02 Å². The second-order valence-corrected chi connectivity index (χ2v) is 7.75. The summed E-state index contributed by atoms with van der Waals surface area (Å²) >= 11 is 6.29. The summed E-state index contributed by atoms with van der Waals surface area (Å²) in [7, 11) is 1.82. The lowest BCUT2D eigenvalue weighted by atomic mass is 10.1. The average Bonchev–Trinajstić information content (AvgIpc) is 3.38. The van der Waals surface area contributed by atoms with Crippen LogP contribution < -0.4 is 15.5 Å². The first kappa shape index (κ1) is 19.6. The molecule has 6 nitrogen and oxygen atoms in total. The third-order valence-corrected chi connectivity index (χ3v) is 5.68. The quantitative estimate of drug-likeness (QED) is 0.330. The summed E-state index contributed by atoms with van der Waals surface area (Å²) in [6.07, 6.45) is 7.01. The maximum Gasteiger partial charge on any atom is 0.191 e. The number of hydrogen-bond donors (Lipinski definition) is 3. The van der Waals surface area contributed by atoms with Crippen molar-refractivity contribution in [2.45, 2.75) is 25.3 Å². The molecule has 3 aromatic rings. The number of fused-ring (bicyclic) bond motifs is 1. The summed E-state index contributed by atoms with van der Waals surface area (Å²) in [6.45, 7) is 2.68. The van der Waals surface area contributed by atoms with E-state index in [9.17, 15) is 0 Å². The van der Waals surface area contributed by atoms with Gasteiger partial charge in [0.25, 0.3) is 0 Å². The van der Waals surface area contributed by atoms with Crippen LogP contribution in [-0.4, -0.2) is 48.7 Å². The van der Waals surface area contributed by atoms with E-state index in [4.69, 9.17) is 11.6 Å². The Kier molecular flexibility index (Phi) is 6.20. The number of pyridine rings is 1. The number of aryl methyl sites for hydroxylation is 1. The Balaban J connectivity index is 1.23. The second-order valence-electron chi connectivity index (χ2n) is 7.35. The van der Waals surface area contributed by atoms with Crippen LogP contribution in [0.1, 0.15) is 18.4 Å². The number of H-pyrrole nitrogens is 1. The molecular formula is C22H27ClN6. The van der Waals surface area contributed by atoms with Crippen molar-refractivity contribution in [1.82, 2.24) is 20.6 Å². The van der Waals surface area contributed by atoms with Gasteiger partial charge in [-0.25, -0.2) is 4.98 Å². The summed E-state index contributed by atoms with van der Waals surface area (Å²) in [4.78, 5) is 14.4. The number of hydrogen-bond acceptors (Lipinski definition) is 3. The Hall–Kier alpha value is -2.73. The van der Waals surface area contributed by atoms with Gasteiger partial charge < -0.3 is 20.5 Å². The minimum Gasteiger partial charge on any atom is -0.361 e. The highest BCUT2D eigenvalue weighted by molar-refractivity contribution is 6.32. The highest BCUT2D eigenvalue weighted by Gasteiger charge is 2.25. The van der Waals surface area contributed by atoms with Gasteiger partial charge in [0.1, 0.15) is 5.82 Å². The van der Waals surface area contributed by atoms with Crippen molar-refractivity contribution in [2.24, 2.45) is 4.99 Å². The molecule has 2 aromatic heterocycles. The molecule has 152 valence electrons. The summed E-state index contributed by atoms with van der Waals surface area (Å²) in [5.41, 5.74) is 2.57. The van der Waals surface area contributed by atoms with Gasteiger partial charge in [-0.2, -0.15) is 0 Å². The lowest BCUT2D eigenvalue weighted by Gasteiger charge is -2.20. The molecule has 0 aliphatic carbocycles. The van der Waals surface area contributed by atoms with E-state index in [0.29, 0.717) is 11.1 Å². The van der Waals surface area contributed by atoms with Crippen molar-refractivity contribution in [1.29, 1.82) is 0 Å². The molecule has 0 amide bonds. The number of aromatic nitrogens is 2. The lowest BCUT2D eigenvalue weighted by Crippen LogP contribution is -2.45. The molecule has 1 aliphatic rings. The van der Waals surface area contributed by atoms with Gasteiger partial charge in [0.05, 0.1) is 5.02 Å². The number of aliphatic imine (C=N–C) groups is 1. The predicted octanol–water partition coefficient (Wildman–Crippen LogP) is 3.59. The van der Waals surface area contributed by atoms with E-state index >= 15 is 0 Å². The van der Waals surface area contributed by atoms with E-state index < -0.39 is 0 Å². The molecule has 4 rings (SSSR count). The number of guanidine groups is 1. The van der Waals surface area contributed by atoms with Crippen molar-refractivity contribution >= 4 is 34.3 Å². The van der Waals surface area contributed by atoms with Gasteiger partial charge in [-0.15, -0.1) is 0 Å². The number of aromatic amines is 1. The summed E-state index contributed by atoms with van der Waals surface area (Å²) in [5, 5.41) is 8.99. The molecule has 0 saturated carbocycles. The molecule has 0 spiro atoms. The van der Waals surface area contributed by atoms with Crippen LogP contribution in [0.5, 0.6) is 0 Å². The Bertz CT molecular complexity index is 982. The number of anilines is 1. The Morgan fingerprint density at radius 1 is 1.31 bits per heavy atom. The van der Waals surface area contributed by atoms with Gasteiger partial charge in [0.2, 0.25) is 0 Å². The molecule has 0 radical (unpaired) electrons. The van der Waals surface area contributed by atoms with Gasteiger partial charge >= 0.3 is 0 Å². The van der Waals surface area contributed by atoms with Crippen LogP contribution in [0.4, 0.5) is 5.82 Å². The number of nitrogens with zero attached hydrogens (tertiary/aromatic N) is 3. The predicted molar refractivity (Wildman–Crippen MR) is 121 cm³/mol. The molecular weight excluding hydrogens is 384 g/mol. The third kappa shape index (κ3) is 4.65. The normalized spacial score (nSPS) is 17.1. The molecule has 1 unspecified atom stereocenters. The fourth-order valence-electron chi connectivity index (χ4n) is 3.89. The molecule has 1 aromatic carbocycles. The molecule has 29 heavy (non-hydrogen) atoms. The molecule has 1 fully saturated rings. The zero-order chi connectivity index (χ0) is 20.1. The Labute approximate surface area is 176 Å². The first-order valence-electron chi connectivity index (χ1n) is 10.1. The standard InChI is InChI=1S/C22H27ClN6/c1-24-22(26-12-4-6-16-14-27-20-9-3-2-7-18(16)20)28-17-10-13-29(15-17)21-19(23)8-5-11-25-21/h2-3,5,7-9,11,14,17,27H,4,6,10,12-13,15H2,1H3,(H2,24,26,28). The van der Waals surface area contributed by atoms with Crippen molar-refractivity contribution in [2.75, 3.05) is 31.6 Å². The summed E-state index contributed by atoms with van der Waals surface area (Å²) in [5.74, 6) is 1.71. The van der Waals surface area contributed by atoms with E-state index in [-0.39, 0.29) is 0 Å². The maximum absolute atomic E-state index is 6.29. The number of nitrogens with one attached hydrogen (secondary N) is 3. The topological polar surface area (TPSA) is 68.3 Å². The SMILES string of the molecule is CN=C(NCCCc1c[nH]c2ccccc12)NC1CCN(c2ncccc2Cl)C1. The molecule has 1 atom stereocenters. The Morgan fingerprint density at radius 2 is 2.21 bits per heavy atom. The van der Waals surface area contributed by atoms with Gasteiger partial charge in [0, 0.05) is 56.0 Å². The number of benzene rings is 1. The van der Waals surface area contributed by atoms with Crippen LogP contribution in [0.15, 0.2) is 53.8 Å². The molecule has 3 N–H and O–H groups in total. The van der Waals surface area contributed by atoms with Crippen LogP contribution >= 0.6 is 11.6 Å². The van der Waals surface area contributed by atoms with Crippen molar-refractivity contribution < 1.29 is 0 Å². The van der Waals surface area contributed by atoms with Crippen molar-refractivity contribution in [3.8, 4) is 0 Å². The summed E-state index contributed by atoms with van der Waals surface area (Å²) in [6, 6.07) is 12.5. The van der Waals surface area contributed by atoms with E-state index in [1.807, 2.05) is 19.2 Å². The molecule has 0 bridgehead atoms. The monoisotopic (exact) mass is 410 g/mol. The molecule has 1 saturated heterocycles. The van der Waals surface area contributed by atoms with Crippen LogP contribution in [-0.2, 0) is 6.42 Å². The highest BCUT2D eigenvalue weighted by Crippen LogP contribution is 2.25. The lowest BCUT2D eigenvalue weighted by molar-refractivity contribution is 0.643. The molecule has 7 heteroatoms. The summed E-state index contributed by atoms with van der Waals surface area (Å²) < 4.78 is 0. The van der Waals surface area contributed by atoms with Gasteiger partial charge in [-0.3, -0.25) is 4.99 Å². The van der Waals surface area contributed by atoms with Crippen molar-refractivity contribution in [3.63, 3.8) is 0 Å². The first-order valence-corrected chi connectivity index (χ1v) is 10.5. The van der Waals surface area contributed by atoms with E-state index in [2.05, 4.69) is 61.0 Å². The second kappa shape index (κ2) is 9.18. The first-order chi connectivity index (χ1) is 14.2. The Morgan fingerprint density at radius 3 is 3.07 bits per heavy atom. The fraction of sp³-hybridized carbons (Fsp3) is 0.364. The smallest absolute Gasteiger partial charge is 0.191 e. The van der Waals surface area contributed by atoms with E-state index in [0.717, 1.165) is 50.7 Å². The highest BCUT2D eigenvalue weighted by atomic mass is 35.5. The van der Waals surface area contributed by atoms with E-state index in [1.165, 1.54) is 16.5 Å². The zero-order valence-electron chi connectivity index (χ0n) is 16.7. The number of halogens is 1. The zero-order valence-corrected chi connectivity index (χ0v) is 17.4. The van der Waals surface area contributed by atoms with Crippen LogP contribution in [0, 0.1) is 0 Å². The number of rotatable bonds is 6. The van der Waals surface area contributed by atoms with Gasteiger partial charge in [0.15, 0.2) is 5.96 Å². The van der Waals surface area contributed by atoms with E-state index in [1.54, 1.807) is 6.20 Å². The minimum absolute atomic E-state index is 0.327. The van der Waals surface area contributed by atoms with Gasteiger partial charge in [-0.05, 0) is 43.0 Å². The van der Waals surface area contributed by atoms with Crippen LogP contribution in [0.25, 0.3) is 10.9 Å². The maximum atomic E-state index is 6.29. The molecule has 1 aliphatic heterocycles. The number of para-hydroxylation sites is 1. The van der Waals surface area contributed by atoms with Gasteiger partial charge in [-0.1, -0.05) is 29.8 Å². The minimum atomic E-state index is 0.327. The average molecular weight is 411 g/mol. The third-order valence-electron chi connectivity index (χ3n) is 5.38. The molecule has 3 heterocycles. The fourth-order valence-corrected chi connectivity index (χ4v) is 4.13. The van der Waals surface area contributed by atoms with Crippen molar-refractivity contribution in [3.05, 3.63) is 59.4 Å². The van der Waals surface area contributed by atoms with Crippen LogP contribution in [0.3, 0.4) is 0 Å². The largest absolute Gasteiger partial charge is 0.361 e.